The van der Waals surface area contributed by atoms with E-state index in [4.69, 9.17) is 4.42 Å². The number of hydrogen-bond acceptors (Lipinski definition) is 6. The molecular formula is C15H22N6O. The highest BCUT2D eigenvalue weighted by Gasteiger charge is 2.29. The lowest BCUT2D eigenvalue weighted by Crippen LogP contribution is -2.45. The Morgan fingerprint density at radius 2 is 1.82 bits per heavy atom. The van der Waals surface area contributed by atoms with Crippen LogP contribution >= 0.6 is 0 Å². The first-order valence-corrected chi connectivity index (χ1v) is 8.01. The normalized spacial score (nSPS) is 20.6. The topological polar surface area (TPSA) is 63.2 Å². The Balaban J connectivity index is 1.27. The van der Waals surface area contributed by atoms with Gasteiger partial charge in [0.15, 0.2) is 0 Å². The van der Waals surface area contributed by atoms with Crippen molar-refractivity contribution in [1.29, 1.82) is 0 Å². The molecule has 0 unspecified atom stereocenters. The Morgan fingerprint density at radius 1 is 1.09 bits per heavy atom. The summed E-state index contributed by atoms with van der Waals surface area (Å²) in [6, 6.07) is 0. The monoisotopic (exact) mass is 302 g/mol. The lowest BCUT2D eigenvalue weighted by Gasteiger charge is -2.33. The highest BCUT2D eigenvalue weighted by Crippen LogP contribution is 2.39. The molecule has 2 fully saturated rings. The van der Waals surface area contributed by atoms with Gasteiger partial charge in [-0.15, -0.1) is 10.2 Å². The van der Waals surface area contributed by atoms with Gasteiger partial charge in [-0.05, 0) is 12.8 Å². The van der Waals surface area contributed by atoms with Crippen LogP contribution in [0.1, 0.15) is 36.4 Å². The van der Waals surface area contributed by atoms with Crippen molar-refractivity contribution >= 4 is 0 Å². The molecule has 4 rings (SSSR count). The minimum Gasteiger partial charge on any atom is -0.424 e. The first-order chi connectivity index (χ1) is 10.8. The van der Waals surface area contributed by atoms with Crippen molar-refractivity contribution < 1.29 is 4.42 Å². The third-order valence-electron chi connectivity index (χ3n) is 4.52. The predicted octanol–water partition coefficient (Wildman–Crippen LogP) is 0.998. The second-order valence-electron chi connectivity index (χ2n) is 6.31. The van der Waals surface area contributed by atoms with Gasteiger partial charge in [-0.25, -0.2) is 4.98 Å². The number of piperazine rings is 1. The maximum atomic E-state index is 5.75. The summed E-state index contributed by atoms with van der Waals surface area (Å²) < 4.78 is 7.83. The fourth-order valence-electron chi connectivity index (χ4n) is 2.87. The third-order valence-corrected chi connectivity index (χ3v) is 4.52. The van der Waals surface area contributed by atoms with Crippen molar-refractivity contribution in [2.45, 2.75) is 31.8 Å². The van der Waals surface area contributed by atoms with Crippen LogP contribution in [0.5, 0.6) is 0 Å². The molecule has 7 heteroatoms. The second kappa shape index (κ2) is 5.81. The quantitative estimate of drug-likeness (QED) is 0.821. The molecule has 1 aliphatic heterocycles. The van der Waals surface area contributed by atoms with Crippen molar-refractivity contribution in [2.75, 3.05) is 26.2 Å². The maximum absolute atomic E-state index is 5.75. The Labute approximate surface area is 129 Å². The molecule has 1 saturated carbocycles. The largest absolute Gasteiger partial charge is 0.424 e. The SMILES string of the molecule is Cn1ccnc1CN1CCN(Cc2nnc(C3CC3)o2)CC1. The molecule has 22 heavy (non-hydrogen) atoms. The van der Waals surface area contributed by atoms with Crippen LogP contribution in [-0.4, -0.2) is 55.7 Å². The van der Waals surface area contributed by atoms with Gasteiger partial charge in [0.05, 0.1) is 13.1 Å². The summed E-state index contributed by atoms with van der Waals surface area (Å²) in [6.07, 6.45) is 6.26. The van der Waals surface area contributed by atoms with E-state index in [9.17, 15) is 0 Å². The molecule has 0 spiro atoms. The van der Waals surface area contributed by atoms with Crippen LogP contribution in [0.4, 0.5) is 0 Å². The zero-order valence-electron chi connectivity index (χ0n) is 13.0. The summed E-state index contributed by atoms with van der Waals surface area (Å²) in [7, 11) is 2.05. The van der Waals surface area contributed by atoms with E-state index < -0.39 is 0 Å². The molecule has 2 aromatic rings. The van der Waals surface area contributed by atoms with Crippen LogP contribution in [0.3, 0.4) is 0 Å². The van der Waals surface area contributed by atoms with Crippen LogP contribution in [0.25, 0.3) is 0 Å². The van der Waals surface area contributed by atoms with Gasteiger partial charge in [0, 0.05) is 51.5 Å². The predicted molar refractivity (Wildman–Crippen MR) is 80.0 cm³/mol. The maximum Gasteiger partial charge on any atom is 0.230 e. The Hall–Kier alpha value is -1.73. The number of rotatable bonds is 5. The van der Waals surface area contributed by atoms with E-state index in [1.807, 2.05) is 19.4 Å². The van der Waals surface area contributed by atoms with Gasteiger partial charge in [-0.2, -0.15) is 0 Å². The lowest BCUT2D eigenvalue weighted by molar-refractivity contribution is 0.111. The molecule has 2 aliphatic rings. The summed E-state index contributed by atoms with van der Waals surface area (Å²) in [5, 5.41) is 8.33. The molecule has 7 nitrogen and oxygen atoms in total. The number of aryl methyl sites for hydroxylation is 1. The first kappa shape index (κ1) is 13.9. The van der Waals surface area contributed by atoms with Crippen molar-refractivity contribution in [3.63, 3.8) is 0 Å². The minimum atomic E-state index is 0.538. The number of imidazole rings is 1. The summed E-state index contributed by atoms with van der Waals surface area (Å²) in [6.45, 7) is 5.86. The van der Waals surface area contributed by atoms with Gasteiger partial charge in [0.2, 0.25) is 11.8 Å². The molecule has 3 heterocycles. The van der Waals surface area contributed by atoms with Crippen LogP contribution in [0.2, 0.25) is 0 Å². The molecule has 0 amide bonds. The van der Waals surface area contributed by atoms with E-state index in [1.165, 1.54) is 12.8 Å². The average molecular weight is 302 g/mol. The van der Waals surface area contributed by atoms with Crippen LogP contribution < -0.4 is 0 Å². The van der Waals surface area contributed by atoms with Crippen LogP contribution in [0.15, 0.2) is 16.8 Å². The van der Waals surface area contributed by atoms with Crippen molar-refractivity contribution in [1.82, 2.24) is 29.5 Å². The van der Waals surface area contributed by atoms with Gasteiger partial charge in [-0.1, -0.05) is 0 Å². The van der Waals surface area contributed by atoms with Gasteiger partial charge < -0.3 is 8.98 Å². The van der Waals surface area contributed by atoms with Crippen LogP contribution in [-0.2, 0) is 20.1 Å². The van der Waals surface area contributed by atoms with Gasteiger partial charge in [0.1, 0.15) is 5.82 Å². The fraction of sp³-hybridized carbons (Fsp3) is 0.667. The first-order valence-electron chi connectivity index (χ1n) is 8.01. The van der Waals surface area contributed by atoms with Gasteiger partial charge in [0.25, 0.3) is 0 Å². The van der Waals surface area contributed by atoms with E-state index in [2.05, 4.69) is 29.5 Å². The number of aromatic nitrogens is 4. The summed E-state index contributed by atoms with van der Waals surface area (Å²) in [4.78, 5) is 9.23. The number of hydrogen-bond donors (Lipinski definition) is 0. The second-order valence-corrected chi connectivity index (χ2v) is 6.31. The number of nitrogens with zero attached hydrogens (tertiary/aromatic N) is 6. The molecule has 118 valence electrons. The van der Waals surface area contributed by atoms with Crippen molar-refractivity contribution in [2.24, 2.45) is 7.05 Å². The van der Waals surface area contributed by atoms with E-state index in [0.29, 0.717) is 5.92 Å². The highest BCUT2D eigenvalue weighted by molar-refractivity contribution is 5.00. The molecular weight excluding hydrogens is 280 g/mol. The summed E-state index contributed by atoms with van der Waals surface area (Å²) >= 11 is 0. The average Bonchev–Trinajstić information content (AvgIpc) is 3.15. The molecule has 0 aromatic carbocycles. The smallest absolute Gasteiger partial charge is 0.230 e. The van der Waals surface area contributed by atoms with Gasteiger partial charge in [-0.3, -0.25) is 9.80 Å². The molecule has 0 radical (unpaired) electrons. The summed E-state index contributed by atoms with van der Waals surface area (Å²) in [5.41, 5.74) is 0. The van der Waals surface area contributed by atoms with Crippen molar-refractivity contribution in [3.05, 3.63) is 30.0 Å². The third kappa shape index (κ3) is 3.05. The molecule has 1 aliphatic carbocycles. The van der Waals surface area contributed by atoms with Crippen molar-refractivity contribution in [3.8, 4) is 0 Å². The van der Waals surface area contributed by atoms with Crippen LogP contribution in [0, 0.1) is 0 Å². The molecule has 1 saturated heterocycles. The highest BCUT2D eigenvalue weighted by atomic mass is 16.4. The Kier molecular flexibility index (Phi) is 3.67. The zero-order chi connectivity index (χ0) is 14.9. The van der Waals surface area contributed by atoms with E-state index in [1.54, 1.807) is 0 Å². The molecule has 0 atom stereocenters. The zero-order valence-corrected chi connectivity index (χ0v) is 13.0. The van der Waals surface area contributed by atoms with E-state index in [-0.39, 0.29) is 0 Å². The summed E-state index contributed by atoms with van der Waals surface area (Å²) in [5.74, 6) is 3.26. The fourth-order valence-corrected chi connectivity index (χ4v) is 2.87. The van der Waals surface area contributed by atoms with Gasteiger partial charge >= 0.3 is 0 Å². The molecule has 2 aromatic heterocycles. The molecule has 0 N–H and O–H groups in total. The molecule has 0 bridgehead atoms. The Bertz CT molecular complexity index is 624. The van der Waals surface area contributed by atoms with E-state index in [0.717, 1.165) is 56.9 Å². The lowest BCUT2D eigenvalue weighted by atomic mass is 10.3. The van der Waals surface area contributed by atoms with E-state index >= 15 is 0 Å². The Morgan fingerprint density at radius 3 is 2.45 bits per heavy atom. The minimum absolute atomic E-state index is 0.538. The standard InChI is InChI=1S/C15H22N6O/c1-19-5-4-16-13(19)10-20-6-8-21(9-7-20)11-14-17-18-15(22-14)12-2-3-12/h4-5,12H,2-3,6-11H2,1H3.